The molecule has 0 heterocycles. The number of benzene rings is 1. The van der Waals surface area contributed by atoms with Gasteiger partial charge in [0, 0.05) is 12.1 Å². The predicted molar refractivity (Wildman–Crippen MR) is 50.5 cm³/mol. The molecule has 0 saturated heterocycles. The van der Waals surface area contributed by atoms with Crippen LogP contribution in [0.5, 0.6) is 0 Å². The fourth-order valence-electron chi connectivity index (χ4n) is 1.05. The molecular weight excluding hydrogens is 184 g/mol. The van der Waals surface area contributed by atoms with Gasteiger partial charge in [-0.3, -0.25) is 14.9 Å². The van der Waals surface area contributed by atoms with Gasteiger partial charge in [0.1, 0.15) is 0 Å². The highest BCUT2D eigenvalue weighted by Crippen LogP contribution is 2.12. The highest BCUT2D eigenvalue weighted by Gasteiger charge is 2.06. The van der Waals surface area contributed by atoms with E-state index in [1.165, 1.54) is 12.1 Å². The topological polar surface area (TPSA) is 86.2 Å². The molecule has 0 aliphatic rings. The molecule has 14 heavy (non-hydrogen) atoms. The number of carbonyl (C=O) groups excluding carboxylic acids is 1. The van der Waals surface area contributed by atoms with E-state index >= 15 is 0 Å². The zero-order valence-electron chi connectivity index (χ0n) is 7.34. The van der Waals surface area contributed by atoms with Crippen molar-refractivity contribution in [3.8, 4) is 0 Å². The van der Waals surface area contributed by atoms with Crippen molar-refractivity contribution in [3.63, 3.8) is 0 Å². The first kappa shape index (κ1) is 10.3. The molecule has 0 amide bonds. The number of hydrogen-bond acceptors (Lipinski definition) is 4. The van der Waals surface area contributed by atoms with Crippen LogP contribution in [0.15, 0.2) is 24.3 Å². The van der Waals surface area contributed by atoms with Crippen molar-refractivity contribution < 1.29 is 9.72 Å². The van der Waals surface area contributed by atoms with Gasteiger partial charge in [0.15, 0.2) is 0 Å². The van der Waals surface area contributed by atoms with Gasteiger partial charge in [-0.15, -0.1) is 0 Å². The molecular formula is C9H9N2O3. The Kier molecular flexibility index (Phi) is 3.30. The van der Waals surface area contributed by atoms with E-state index in [0.29, 0.717) is 6.42 Å². The molecule has 1 radical (unpaired) electrons. The van der Waals surface area contributed by atoms with Crippen molar-refractivity contribution in [1.82, 2.24) is 0 Å². The number of nitrogens with zero attached hydrogens (tertiary/aromatic N) is 1. The van der Waals surface area contributed by atoms with Crippen LogP contribution in [0.3, 0.4) is 0 Å². The summed E-state index contributed by atoms with van der Waals surface area (Å²) >= 11 is 0. The Morgan fingerprint density at radius 2 is 2.00 bits per heavy atom. The van der Waals surface area contributed by atoms with Gasteiger partial charge >= 0.3 is 0 Å². The molecule has 73 valence electrons. The molecule has 0 aliphatic carbocycles. The zero-order chi connectivity index (χ0) is 10.6. The van der Waals surface area contributed by atoms with Crippen LogP contribution in [0, 0.1) is 10.1 Å². The quantitative estimate of drug-likeness (QED) is 0.559. The SMILES string of the molecule is N[C@@H]([C]=O)Cc1ccc([N+](=O)[O-])cc1. The predicted octanol–water partition coefficient (Wildman–Crippen LogP) is 0.574. The molecule has 0 fully saturated rings. The fraction of sp³-hybridized carbons (Fsp3) is 0.222. The molecule has 0 aliphatic heterocycles. The van der Waals surface area contributed by atoms with E-state index in [4.69, 9.17) is 5.73 Å². The molecule has 1 aromatic rings. The Hall–Kier alpha value is -1.75. The van der Waals surface area contributed by atoms with Gasteiger partial charge in [0.2, 0.25) is 6.29 Å². The zero-order valence-corrected chi connectivity index (χ0v) is 7.34. The van der Waals surface area contributed by atoms with Crippen LogP contribution in [0.4, 0.5) is 5.69 Å². The Morgan fingerprint density at radius 1 is 1.43 bits per heavy atom. The van der Waals surface area contributed by atoms with Gasteiger partial charge in [-0.1, -0.05) is 12.1 Å². The number of non-ortho nitro benzene ring substituents is 1. The monoisotopic (exact) mass is 193 g/mol. The molecule has 0 spiro atoms. The summed E-state index contributed by atoms with van der Waals surface area (Å²) in [6, 6.07) is 5.25. The molecule has 5 nitrogen and oxygen atoms in total. The van der Waals surface area contributed by atoms with Gasteiger partial charge in [0.05, 0.1) is 11.0 Å². The maximum Gasteiger partial charge on any atom is 0.269 e. The number of nitro groups is 1. The van der Waals surface area contributed by atoms with Crippen molar-refractivity contribution in [3.05, 3.63) is 39.9 Å². The summed E-state index contributed by atoms with van der Waals surface area (Å²) in [4.78, 5) is 20.0. The molecule has 1 rings (SSSR count). The van der Waals surface area contributed by atoms with Crippen molar-refractivity contribution in [2.45, 2.75) is 12.5 Å². The highest BCUT2D eigenvalue weighted by molar-refractivity contribution is 5.58. The van der Waals surface area contributed by atoms with Crippen LogP contribution < -0.4 is 5.73 Å². The molecule has 1 atom stereocenters. The van der Waals surface area contributed by atoms with Crippen LogP contribution in [-0.4, -0.2) is 17.3 Å². The van der Waals surface area contributed by atoms with Crippen molar-refractivity contribution in [2.24, 2.45) is 5.73 Å². The normalized spacial score (nSPS) is 12.1. The fourth-order valence-corrected chi connectivity index (χ4v) is 1.05. The van der Waals surface area contributed by atoms with E-state index in [-0.39, 0.29) is 5.69 Å². The Morgan fingerprint density at radius 3 is 2.43 bits per heavy atom. The number of nitrogens with two attached hydrogens (primary N) is 1. The highest BCUT2D eigenvalue weighted by atomic mass is 16.6. The lowest BCUT2D eigenvalue weighted by Gasteiger charge is -2.02. The third-order valence-electron chi connectivity index (χ3n) is 1.75. The number of rotatable bonds is 4. The summed E-state index contributed by atoms with van der Waals surface area (Å²) in [7, 11) is 0. The maximum absolute atomic E-state index is 10.3. The summed E-state index contributed by atoms with van der Waals surface area (Å²) in [5, 5.41) is 10.3. The van der Waals surface area contributed by atoms with Crippen LogP contribution in [0.1, 0.15) is 5.56 Å². The van der Waals surface area contributed by atoms with Crippen LogP contribution in [0.25, 0.3) is 0 Å². The molecule has 0 aromatic heterocycles. The van der Waals surface area contributed by atoms with Gasteiger partial charge in [0.25, 0.3) is 5.69 Å². The Balaban J connectivity index is 2.73. The number of nitro benzene ring substituents is 1. The van der Waals surface area contributed by atoms with E-state index < -0.39 is 11.0 Å². The van der Waals surface area contributed by atoms with E-state index in [2.05, 4.69) is 0 Å². The van der Waals surface area contributed by atoms with Gasteiger partial charge in [-0.05, 0) is 12.0 Å². The second-order valence-electron chi connectivity index (χ2n) is 2.85. The van der Waals surface area contributed by atoms with Crippen LogP contribution >= 0.6 is 0 Å². The summed E-state index contributed by atoms with van der Waals surface area (Å²) < 4.78 is 0. The maximum atomic E-state index is 10.3. The average Bonchev–Trinajstić information content (AvgIpc) is 2.18. The van der Waals surface area contributed by atoms with Crippen molar-refractivity contribution >= 4 is 12.0 Å². The minimum atomic E-state index is -0.670. The molecule has 2 N–H and O–H groups in total. The van der Waals surface area contributed by atoms with Gasteiger partial charge < -0.3 is 5.73 Å². The first-order valence-electron chi connectivity index (χ1n) is 4.00. The lowest BCUT2D eigenvalue weighted by Crippen LogP contribution is -2.23. The van der Waals surface area contributed by atoms with E-state index in [1.807, 2.05) is 0 Å². The first-order chi connectivity index (χ1) is 6.63. The van der Waals surface area contributed by atoms with Crippen LogP contribution in [-0.2, 0) is 11.2 Å². The van der Waals surface area contributed by atoms with Crippen LogP contribution in [0.2, 0.25) is 0 Å². The summed E-state index contributed by atoms with van der Waals surface area (Å²) in [5.41, 5.74) is 6.15. The average molecular weight is 193 g/mol. The van der Waals surface area contributed by atoms with E-state index in [9.17, 15) is 14.9 Å². The number of hydrogen-bond donors (Lipinski definition) is 1. The first-order valence-corrected chi connectivity index (χ1v) is 4.00. The molecule has 0 saturated carbocycles. The van der Waals surface area contributed by atoms with Gasteiger partial charge in [-0.25, -0.2) is 0 Å². The lowest BCUT2D eigenvalue weighted by atomic mass is 10.1. The van der Waals surface area contributed by atoms with E-state index in [0.717, 1.165) is 5.56 Å². The standard InChI is InChI=1S/C9H9N2O3/c10-8(6-12)5-7-1-3-9(4-2-7)11(13)14/h1-4,8H,5,10H2/t8-/m1/s1. The minimum Gasteiger partial charge on any atom is -0.321 e. The third kappa shape index (κ3) is 2.63. The molecule has 1 aromatic carbocycles. The largest absolute Gasteiger partial charge is 0.321 e. The lowest BCUT2D eigenvalue weighted by molar-refractivity contribution is -0.384. The molecule has 0 bridgehead atoms. The molecule has 5 heteroatoms. The molecule has 0 unspecified atom stereocenters. The smallest absolute Gasteiger partial charge is 0.269 e. The van der Waals surface area contributed by atoms with Crippen molar-refractivity contribution in [1.29, 1.82) is 0 Å². The van der Waals surface area contributed by atoms with Gasteiger partial charge in [-0.2, -0.15) is 0 Å². The summed E-state index contributed by atoms with van der Waals surface area (Å²) in [6.45, 7) is 0. The van der Waals surface area contributed by atoms with E-state index in [1.54, 1.807) is 18.4 Å². The third-order valence-corrected chi connectivity index (χ3v) is 1.75. The van der Waals surface area contributed by atoms with Crippen molar-refractivity contribution in [2.75, 3.05) is 0 Å². The minimum absolute atomic E-state index is 0.0254. The summed E-state index contributed by atoms with van der Waals surface area (Å²) in [6.07, 6.45) is 1.99. The summed E-state index contributed by atoms with van der Waals surface area (Å²) in [5.74, 6) is 0. The Bertz CT molecular complexity index is 334. The Labute approximate surface area is 80.7 Å². The second kappa shape index (κ2) is 4.48. The second-order valence-corrected chi connectivity index (χ2v) is 2.85.